The summed E-state index contributed by atoms with van der Waals surface area (Å²) >= 11 is 0. The summed E-state index contributed by atoms with van der Waals surface area (Å²) in [5.74, 6) is -1.59. The van der Waals surface area contributed by atoms with Crippen molar-refractivity contribution in [3.8, 4) is 12.3 Å². The average molecular weight is 875 g/mol. The largest absolute Gasteiger partial charge is 0.459 e. The molecule has 3 rings (SSSR count). The topological polar surface area (TPSA) is 217 Å². The van der Waals surface area contributed by atoms with E-state index in [1.807, 2.05) is 18.9 Å². The lowest BCUT2D eigenvalue weighted by Crippen LogP contribution is -2.61. The summed E-state index contributed by atoms with van der Waals surface area (Å²) in [7, 11) is 4.90. The Labute approximate surface area is 363 Å². The second kappa shape index (κ2) is 23.3. The van der Waals surface area contributed by atoms with E-state index in [1.54, 1.807) is 62.5 Å². The molecular weight excluding hydrogens is 796 g/mol. The van der Waals surface area contributed by atoms with Gasteiger partial charge >= 0.3 is 5.97 Å². The van der Waals surface area contributed by atoms with E-state index < -0.39 is 108 Å². The summed E-state index contributed by atoms with van der Waals surface area (Å²) in [4.78, 5) is 22.0. The first-order chi connectivity index (χ1) is 28.5. The third-order valence-corrected chi connectivity index (χ3v) is 13.1. The number of aliphatic hydroxyl groups is 5. The number of methoxy groups -OCH3 is 2. The first kappa shape index (κ1) is 53.3. The molecule has 0 saturated carbocycles. The highest BCUT2D eigenvalue weighted by atomic mass is 16.7. The maximum atomic E-state index is 14.4. The van der Waals surface area contributed by atoms with Crippen LogP contribution in [-0.2, 0) is 47.5 Å². The van der Waals surface area contributed by atoms with Crippen molar-refractivity contribution < 1.29 is 73.1 Å². The smallest absolute Gasteiger partial charge is 0.311 e. The lowest BCUT2D eigenvalue weighted by atomic mass is 9.73. The van der Waals surface area contributed by atoms with E-state index >= 15 is 0 Å². The molecule has 3 heterocycles. The van der Waals surface area contributed by atoms with Gasteiger partial charge in [-0.25, -0.2) is 0 Å². The standard InChI is InChI=1S/C44H78N2O15/c1-15-17-18-46(12)31-21-26(4)57-41(35(31)47)61-39-28(6)36(60-33-23-43(10,54-14)38(49)30(8)58-33)29(7)40(50)59-32(16-2)44(11,52)37(48)27(5)34(25(3)22-42(39,9)51)45-56-24-55-20-19-53-13/h1,25-33,35-39,41,47-49,51-52H,16-24H2,2-14H3/t25-,26-,27+,28?,29-,30+,31+,32-,33?,35-,36+,37-,38+,39-,41?,42-,43-,44-/m1/s1. The van der Waals surface area contributed by atoms with Gasteiger partial charge in [0.2, 0.25) is 6.79 Å². The summed E-state index contributed by atoms with van der Waals surface area (Å²) < 4.78 is 48.4. The predicted octanol–water partition coefficient (Wildman–Crippen LogP) is 2.60. The van der Waals surface area contributed by atoms with E-state index in [-0.39, 0.29) is 44.5 Å². The molecule has 3 aliphatic rings. The number of likely N-dealkylation sites (N-methyl/N-ethyl adjacent to an activating group) is 1. The molecule has 0 bridgehead atoms. The van der Waals surface area contributed by atoms with Crippen molar-refractivity contribution in [2.24, 2.45) is 28.8 Å². The highest BCUT2D eigenvalue weighted by Gasteiger charge is 2.53. The minimum Gasteiger partial charge on any atom is -0.459 e. The molecule has 18 atom stereocenters. The number of hydrogen-bond acceptors (Lipinski definition) is 17. The molecule has 3 unspecified atom stereocenters. The monoisotopic (exact) mass is 875 g/mol. The van der Waals surface area contributed by atoms with Crippen molar-refractivity contribution in [1.29, 1.82) is 0 Å². The van der Waals surface area contributed by atoms with Crippen LogP contribution in [0.25, 0.3) is 0 Å². The second-order valence-corrected chi connectivity index (χ2v) is 18.2. The van der Waals surface area contributed by atoms with Gasteiger partial charge in [-0.1, -0.05) is 32.9 Å². The Hall–Kier alpha value is -2.02. The lowest BCUT2D eigenvalue weighted by molar-refractivity contribution is -0.318. The fraction of sp³-hybridized carbons (Fsp3) is 0.909. The molecule has 17 nitrogen and oxygen atoms in total. The molecule has 0 radical (unpaired) electrons. The van der Waals surface area contributed by atoms with E-state index in [1.165, 1.54) is 14.0 Å². The summed E-state index contributed by atoms with van der Waals surface area (Å²) in [6.07, 6.45) is -3.84. The van der Waals surface area contributed by atoms with Crippen LogP contribution in [0, 0.1) is 36.0 Å². The van der Waals surface area contributed by atoms with Gasteiger partial charge < -0.3 is 68.3 Å². The lowest BCUT2D eigenvalue weighted by Gasteiger charge is -2.49. The van der Waals surface area contributed by atoms with Crippen molar-refractivity contribution >= 4 is 11.7 Å². The van der Waals surface area contributed by atoms with Gasteiger partial charge in [0, 0.05) is 57.4 Å². The number of rotatable bonds is 15. The Morgan fingerprint density at radius 3 is 2.23 bits per heavy atom. The number of carbonyl (C=O) groups excluding carboxylic acids is 1. The molecule has 0 spiro atoms. The highest BCUT2D eigenvalue weighted by molar-refractivity contribution is 5.88. The molecule has 3 aliphatic heterocycles. The van der Waals surface area contributed by atoms with Gasteiger partial charge in [-0.2, -0.15) is 0 Å². The number of nitrogens with zero attached hydrogens (tertiary/aromatic N) is 2. The summed E-state index contributed by atoms with van der Waals surface area (Å²) in [6, 6.07) is -0.404. The predicted molar refractivity (Wildman–Crippen MR) is 225 cm³/mol. The molecule has 3 saturated heterocycles. The molecule has 3 fully saturated rings. The fourth-order valence-corrected chi connectivity index (χ4v) is 9.26. The highest BCUT2D eigenvalue weighted by Crippen LogP contribution is 2.41. The van der Waals surface area contributed by atoms with Gasteiger partial charge in [0.1, 0.15) is 23.9 Å². The van der Waals surface area contributed by atoms with Crippen LogP contribution >= 0.6 is 0 Å². The summed E-state index contributed by atoms with van der Waals surface area (Å²) in [5, 5.41) is 64.0. The number of terminal acetylenes is 1. The molecule has 61 heavy (non-hydrogen) atoms. The van der Waals surface area contributed by atoms with Crippen molar-refractivity contribution in [3.63, 3.8) is 0 Å². The molecule has 354 valence electrons. The molecule has 0 aromatic heterocycles. The molecule has 0 aromatic carbocycles. The Balaban J connectivity index is 2.23. The zero-order chi connectivity index (χ0) is 46.0. The first-order valence-electron chi connectivity index (χ1n) is 21.8. The van der Waals surface area contributed by atoms with Crippen LogP contribution in [0.3, 0.4) is 0 Å². The second-order valence-electron chi connectivity index (χ2n) is 18.2. The number of hydrogen-bond donors (Lipinski definition) is 5. The van der Waals surface area contributed by atoms with Crippen LogP contribution in [0.15, 0.2) is 5.16 Å². The first-order valence-corrected chi connectivity index (χ1v) is 21.8. The minimum absolute atomic E-state index is 0.0501. The van der Waals surface area contributed by atoms with Gasteiger partial charge in [-0.3, -0.25) is 9.69 Å². The van der Waals surface area contributed by atoms with Gasteiger partial charge in [-0.05, 0) is 67.9 Å². The Morgan fingerprint density at radius 2 is 1.62 bits per heavy atom. The van der Waals surface area contributed by atoms with Crippen LogP contribution in [0.4, 0.5) is 0 Å². The molecule has 17 heteroatoms. The Morgan fingerprint density at radius 1 is 0.951 bits per heavy atom. The van der Waals surface area contributed by atoms with E-state index in [0.717, 1.165) is 0 Å². The van der Waals surface area contributed by atoms with Crippen molar-refractivity contribution in [2.45, 2.75) is 186 Å². The molecule has 0 amide bonds. The van der Waals surface area contributed by atoms with Gasteiger partial charge in [-0.15, -0.1) is 12.3 Å². The molecule has 0 aliphatic carbocycles. The van der Waals surface area contributed by atoms with Crippen molar-refractivity contribution in [3.05, 3.63) is 0 Å². The zero-order valence-corrected chi connectivity index (χ0v) is 38.8. The summed E-state index contributed by atoms with van der Waals surface area (Å²) in [5.41, 5.74) is -4.56. The van der Waals surface area contributed by atoms with Gasteiger partial charge in [0.15, 0.2) is 12.6 Å². The fourth-order valence-electron chi connectivity index (χ4n) is 9.26. The Kier molecular flexibility index (Phi) is 20.3. The van der Waals surface area contributed by atoms with Crippen molar-refractivity contribution in [2.75, 3.05) is 47.8 Å². The zero-order valence-electron chi connectivity index (χ0n) is 38.8. The van der Waals surface area contributed by atoms with Gasteiger partial charge in [0.05, 0.1) is 66.6 Å². The summed E-state index contributed by atoms with van der Waals surface area (Å²) in [6.45, 7) is 17.7. The van der Waals surface area contributed by atoms with Crippen LogP contribution in [0.2, 0.25) is 0 Å². The third-order valence-electron chi connectivity index (χ3n) is 13.1. The minimum atomic E-state index is -1.98. The van der Waals surface area contributed by atoms with E-state index in [2.05, 4.69) is 11.1 Å². The average Bonchev–Trinajstić information content (AvgIpc) is 3.20. The van der Waals surface area contributed by atoms with Gasteiger partial charge in [0.25, 0.3) is 0 Å². The van der Waals surface area contributed by atoms with E-state index in [0.29, 0.717) is 26.0 Å². The van der Waals surface area contributed by atoms with Crippen molar-refractivity contribution in [1.82, 2.24) is 4.90 Å². The van der Waals surface area contributed by atoms with Crippen LogP contribution in [-0.4, -0.2) is 174 Å². The van der Waals surface area contributed by atoms with E-state index in [4.69, 9.17) is 49.2 Å². The third kappa shape index (κ3) is 13.3. The van der Waals surface area contributed by atoms with Crippen LogP contribution in [0.1, 0.15) is 101 Å². The van der Waals surface area contributed by atoms with Crippen LogP contribution in [0.5, 0.6) is 0 Å². The number of esters is 1. The molecular formula is C44H78N2O15. The number of carbonyl (C=O) groups is 1. The molecule has 5 N–H and O–H groups in total. The Bertz CT molecular complexity index is 1430. The van der Waals surface area contributed by atoms with E-state index in [9.17, 15) is 30.3 Å². The number of ether oxygens (including phenoxy) is 8. The quantitative estimate of drug-likeness (QED) is 0.0526. The molecule has 0 aromatic rings. The normalized spacial score (nSPS) is 44.0. The number of oxime groups is 1. The maximum absolute atomic E-state index is 14.4. The number of cyclic esters (lactones) is 1. The number of aliphatic hydroxyl groups excluding tert-OH is 3. The maximum Gasteiger partial charge on any atom is 0.311 e. The SMILES string of the molecule is C#CCCN(C)[C@H]1C[C@@H](C)OC(O[C@@H]2C(C)[C@H](OC3C[C@@](C)(OC)[C@@H](O)[C@H](C)O3)[C@@H](C)C(=O)O[C@H](CC)[C@@](C)(O)[C@H](O)[C@@H](C)C(=NOCOCCOC)[C@H](C)C[C@@]2(C)O)[C@@H]1O. The van der Waals surface area contributed by atoms with Crippen LogP contribution < -0.4 is 0 Å².